The molecule has 0 aliphatic rings. The van der Waals surface area contributed by atoms with Crippen LogP contribution in [-0.4, -0.2) is 48.7 Å². The summed E-state index contributed by atoms with van der Waals surface area (Å²) in [6.07, 6.45) is 9.91. The first kappa shape index (κ1) is 37.6. The van der Waals surface area contributed by atoms with Crippen molar-refractivity contribution in [2.45, 2.75) is 39.8 Å². The molecule has 0 aliphatic heterocycles. The summed E-state index contributed by atoms with van der Waals surface area (Å²) in [6.45, 7) is 8.01. The third-order valence-electron chi connectivity index (χ3n) is 10.5. The van der Waals surface area contributed by atoms with Gasteiger partial charge in [0.25, 0.3) is 11.1 Å². The Kier molecular flexibility index (Phi) is 9.86. The van der Waals surface area contributed by atoms with E-state index in [0.717, 1.165) is 55.4 Å². The van der Waals surface area contributed by atoms with Gasteiger partial charge in [0, 0.05) is 23.4 Å². The topological polar surface area (TPSA) is 176 Å². The number of nitrogens with one attached hydrogen (secondary N) is 4. The van der Waals surface area contributed by atoms with Crippen LogP contribution < -0.4 is 21.8 Å². The number of fused-ring (bicyclic) bond motifs is 4. The first-order valence-corrected chi connectivity index (χ1v) is 19.5. The van der Waals surface area contributed by atoms with E-state index in [1.165, 1.54) is 12.7 Å². The molecule has 0 bridgehead atoms. The van der Waals surface area contributed by atoms with Crippen LogP contribution in [0, 0.1) is 13.8 Å². The fraction of sp³-hybridized carbons (Fsp3) is 0.130. The highest BCUT2D eigenvalue weighted by Crippen LogP contribution is 2.31. The summed E-state index contributed by atoms with van der Waals surface area (Å²) in [4.78, 5) is 58.6. The Morgan fingerprint density at radius 2 is 0.950 bits per heavy atom. The molecule has 0 amide bonds. The summed E-state index contributed by atoms with van der Waals surface area (Å²) in [6, 6.07) is 31.3. The molecule has 10 rings (SSSR count). The first-order chi connectivity index (χ1) is 29.2. The predicted octanol–water partition coefficient (Wildman–Crippen LogP) is 8.23. The molecule has 8 aromatic heterocycles. The SMILES string of the molecule is Cc1ccc2cc([C@@H](C)Nc3ncnc4nc[nH]c34)c(-c3ccccc3)c(=O)n2c1.Cc1ccc2cc([C@H](C)Nc3ncnc4nc[nH]c34)c(-c3ccccc3)c(=O)n2c1. The minimum Gasteiger partial charge on any atom is -0.362 e. The number of nitrogens with zero attached hydrogens (tertiary/aromatic N) is 8. The van der Waals surface area contributed by atoms with Crippen LogP contribution in [0.3, 0.4) is 0 Å². The smallest absolute Gasteiger partial charge is 0.263 e. The van der Waals surface area contributed by atoms with Gasteiger partial charge in [0.15, 0.2) is 22.9 Å². The highest BCUT2D eigenvalue weighted by Gasteiger charge is 2.21. The number of aromatic nitrogens is 10. The second-order valence-corrected chi connectivity index (χ2v) is 14.7. The van der Waals surface area contributed by atoms with E-state index in [2.05, 4.69) is 62.6 Å². The average molecular weight is 793 g/mol. The van der Waals surface area contributed by atoms with Crippen LogP contribution in [0.25, 0.3) is 55.6 Å². The molecule has 14 heteroatoms. The zero-order valence-electron chi connectivity index (χ0n) is 33.3. The zero-order chi connectivity index (χ0) is 41.3. The second kappa shape index (κ2) is 15.7. The normalized spacial score (nSPS) is 12.3. The molecule has 0 aliphatic carbocycles. The maximum atomic E-state index is 13.5. The number of hydrogen-bond donors (Lipinski definition) is 4. The Balaban J connectivity index is 0.000000154. The largest absolute Gasteiger partial charge is 0.362 e. The Labute approximate surface area is 343 Å². The monoisotopic (exact) mass is 792 g/mol. The lowest BCUT2D eigenvalue weighted by Gasteiger charge is -2.20. The Morgan fingerprint density at radius 3 is 1.37 bits per heavy atom. The van der Waals surface area contributed by atoms with E-state index in [4.69, 9.17) is 0 Å². The third kappa shape index (κ3) is 7.10. The summed E-state index contributed by atoms with van der Waals surface area (Å²) in [5.41, 5.74) is 11.3. The maximum Gasteiger partial charge on any atom is 0.263 e. The van der Waals surface area contributed by atoms with Crippen LogP contribution >= 0.6 is 0 Å². The van der Waals surface area contributed by atoms with Crippen molar-refractivity contribution in [1.82, 2.24) is 48.7 Å². The molecule has 0 spiro atoms. The molecular formula is C46H40N12O2. The number of hydrogen-bond acceptors (Lipinski definition) is 10. The van der Waals surface area contributed by atoms with Crippen molar-refractivity contribution >= 4 is 45.0 Å². The molecule has 0 saturated heterocycles. The minimum atomic E-state index is -0.180. The minimum absolute atomic E-state index is 0.0413. The Morgan fingerprint density at radius 1 is 0.533 bits per heavy atom. The van der Waals surface area contributed by atoms with Gasteiger partial charge in [-0.05, 0) is 85.3 Å². The van der Waals surface area contributed by atoms with Gasteiger partial charge < -0.3 is 20.6 Å². The van der Waals surface area contributed by atoms with Crippen LogP contribution in [0.2, 0.25) is 0 Å². The van der Waals surface area contributed by atoms with Crippen molar-refractivity contribution in [3.63, 3.8) is 0 Å². The number of anilines is 2. The Hall–Kier alpha value is -8.00. The van der Waals surface area contributed by atoms with Gasteiger partial charge in [-0.3, -0.25) is 18.4 Å². The standard InChI is InChI=1S/2C23H20N6O/c2*1-14-8-9-17-10-18(15(2)28-22-20-21(25-12-24-20)26-13-27-22)19(23(30)29(17)11-14)16-6-4-3-5-7-16/h2*3-13,15H,1-2H3,(H2,24,25,26,27,28)/t2*15-/m10/s1. The van der Waals surface area contributed by atoms with Crippen LogP contribution in [0.15, 0.2) is 144 Å². The lowest BCUT2D eigenvalue weighted by atomic mass is 9.96. The molecule has 10 aromatic rings. The van der Waals surface area contributed by atoms with Crippen molar-refractivity contribution < 1.29 is 0 Å². The fourth-order valence-electron chi connectivity index (χ4n) is 7.56. The highest BCUT2D eigenvalue weighted by atomic mass is 16.1. The predicted molar refractivity (Wildman–Crippen MR) is 235 cm³/mol. The molecule has 0 radical (unpaired) electrons. The average Bonchev–Trinajstić information content (AvgIpc) is 3.96. The summed E-state index contributed by atoms with van der Waals surface area (Å²) in [5, 5.41) is 6.86. The van der Waals surface area contributed by atoms with E-state index in [-0.39, 0.29) is 23.2 Å². The van der Waals surface area contributed by atoms with E-state index in [0.29, 0.717) is 34.1 Å². The number of rotatable bonds is 8. The lowest BCUT2D eigenvalue weighted by Crippen LogP contribution is -2.21. The molecule has 0 saturated carbocycles. The quantitative estimate of drug-likeness (QED) is 0.117. The number of aryl methyl sites for hydroxylation is 2. The molecule has 0 unspecified atom stereocenters. The van der Waals surface area contributed by atoms with E-state index < -0.39 is 0 Å². The molecule has 8 heterocycles. The zero-order valence-corrected chi connectivity index (χ0v) is 33.3. The number of pyridine rings is 4. The van der Waals surface area contributed by atoms with Crippen molar-refractivity contribution in [2.24, 2.45) is 0 Å². The number of imidazole rings is 2. The van der Waals surface area contributed by atoms with E-state index >= 15 is 0 Å². The van der Waals surface area contributed by atoms with E-state index in [1.54, 1.807) is 21.5 Å². The second-order valence-electron chi connectivity index (χ2n) is 14.7. The fourth-order valence-corrected chi connectivity index (χ4v) is 7.56. The highest BCUT2D eigenvalue weighted by molar-refractivity contribution is 5.83. The molecule has 2 atom stereocenters. The van der Waals surface area contributed by atoms with E-state index in [1.807, 2.05) is 125 Å². The van der Waals surface area contributed by atoms with Gasteiger partial charge in [0.05, 0.1) is 35.9 Å². The number of benzene rings is 2. The van der Waals surface area contributed by atoms with Gasteiger partial charge in [-0.1, -0.05) is 72.8 Å². The van der Waals surface area contributed by atoms with Gasteiger partial charge in [-0.15, -0.1) is 0 Å². The molecule has 296 valence electrons. The summed E-state index contributed by atoms with van der Waals surface area (Å²) in [7, 11) is 0. The van der Waals surface area contributed by atoms with Gasteiger partial charge in [0.1, 0.15) is 23.7 Å². The summed E-state index contributed by atoms with van der Waals surface area (Å²) < 4.78 is 3.43. The van der Waals surface area contributed by atoms with Crippen LogP contribution in [0.4, 0.5) is 11.6 Å². The molecule has 4 N–H and O–H groups in total. The van der Waals surface area contributed by atoms with Gasteiger partial charge in [-0.25, -0.2) is 29.9 Å². The molecule has 14 nitrogen and oxygen atoms in total. The van der Waals surface area contributed by atoms with Gasteiger partial charge in [0.2, 0.25) is 0 Å². The molecule has 2 aromatic carbocycles. The third-order valence-corrected chi connectivity index (χ3v) is 10.5. The maximum absolute atomic E-state index is 13.5. The molecule has 60 heavy (non-hydrogen) atoms. The van der Waals surface area contributed by atoms with Gasteiger partial charge in [-0.2, -0.15) is 0 Å². The van der Waals surface area contributed by atoms with Crippen LogP contribution in [0.1, 0.15) is 48.2 Å². The first-order valence-electron chi connectivity index (χ1n) is 19.5. The molecular weight excluding hydrogens is 753 g/mol. The van der Waals surface area contributed by atoms with Gasteiger partial charge >= 0.3 is 0 Å². The van der Waals surface area contributed by atoms with Crippen molar-refractivity contribution in [2.75, 3.05) is 10.6 Å². The number of H-pyrrole nitrogens is 2. The van der Waals surface area contributed by atoms with E-state index in [9.17, 15) is 9.59 Å². The summed E-state index contributed by atoms with van der Waals surface area (Å²) in [5.74, 6) is 1.29. The van der Waals surface area contributed by atoms with Crippen LogP contribution in [0.5, 0.6) is 0 Å². The van der Waals surface area contributed by atoms with Crippen molar-refractivity contribution in [3.05, 3.63) is 178 Å². The number of aromatic amines is 2. The van der Waals surface area contributed by atoms with Crippen molar-refractivity contribution in [3.8, 4) is 22.3 Å². The van der Waals surface area contributed by atoms with Crippen LogP contribution in [-0.2, 0) is 0 Å². The summed E-state index contributed by atoms with van der Waals surface area (Å²) >= 11 is 0. The Bertz CT molecular complexity index is 3060. The van der Waals surface area contributed by atoms with Crippen molar-refractivity contribution in [1.29, 1.82) is 0 Å². The lowest BCUT2D eigenvalue weighted by molar-refractivity contribution is 0.869. The molecule has 0 fully saturated rings.